The van der Waals surface area contributed by atoms with E-state index in [4.69, 9.17) is 0 Å². The number of nitrogens with zero attached hydrogens (tertiary/aromatic N) is 2. The van der Waals surface area contributed by atoms with Gasteiger partial charge in [0.15, 0.2) is 0 Å². The van der Waals surface area contributed by atoms with Crippen LogP contribution in [0.2, 0.25) is 0 Å². The first kappa shape index (κ1) is 13.8. The molecule has 6 nitrogen and oxygen atoms in total. The van der Waals surface area contributed by atoms with Gasteiger partial charge in [0.25, 0.3) is 11.8 Å². The lowest BCUT2D eigenvalue weighted by atomic mass is 10.1. The smallest absolute Gasteiger partial charge is 0.268 e. The minimum absolute atomic E-state index is 0.103. The van der Waals surface area contributed by atoms with Crippen molar-refractivity contribution in [3.8, 4) is 0 Å². The Morgan fingerprint density at radius 1 is 0.955 bits per heavy atom. The van der Waals surface area contributed by atoms with Crippen molar-refractivity contribution in [1.82, 2.24) is 0 Å². The Labute approximate surface area is 121 Å². The van der Waals surface area contributed by atoms with E-state index in [1.54, 1.807) is 12.1 Å². The number of nitro benzene ring substituents is 1. The van der Waals surface area contributed by atoms with Gasteiger partial charge < -0.3 is 0 Å². The molecule has 0 bridgehead atoms. The number of hydrogen-bond acceptors (Lipinski definition) is 4. The third kappa shape index (κ3) is 1.85. The van der Waals surface area contributed by atoms with Crippen molar-refractivity contribution in [1.29, 1.82) is 0 Å². The fraction of sp³-hybridized carbons (Fsp3) is 0. The summed E-state index contributed by atoms with van der Waals surface area (Å²) in [4.78, 5) is 34.3. The summed E-state index contributed by atoms with van der Waals surface area (Å²) < 4.78 is 27.3. The van der Waals surface area contributed by atoms with Crippen LogP contribution in [0.5, 0.6) is 0 Å². The Morgan fingerprint density at radius 2 is 1.41 bits per heavy atom. The topological polar surface area (TPSA) is 80.5 Å². The molecule has 0 radical (unpaired) electrons. The Hall–Kier alpha value is -3.16. The van der Waals surface area contributed by atoms with Crippen molar-refractivity contribution in [3.05, 3.63) is 69.3 Å². The van der Waals surface area contributed by atoms with Gasteiger partial charge in [0.1, 0.15) is 0 Å². The second kappa shape index (κ2) is 4.69. The van der Waals surface area contributed by atoms with Gasteiger partial charge in [0.05, 0.1) is 21.7 Å². The number of anilines is 1. The summed E-state index contributed by atoms with van der Waals surface area (Å²) in [5, 5.41) is 10.6. The summed E-state index contributed by atoms with van der Waals surface area (Å²) in [5.74, 6) is -4.41. The molecule has 0 spiro atoms. The number of carbonyl (C=O) groups excluding carboxylic acids is 2. The van der Waals surface area contributed by atoms with Crippen molar-refractivity contribution in [2.45, 2.75) is 0 Å². The van der Waals surface area contributed by atoms with Gasteiger partial charge in [-0.2, -0.15) is 8.78 Å². The van der Waals surface area contributed by atoms with E-state index >= 15 is 0 Å². The van der Waals surface area contributed by atoms with E-state index < -0.39 is 39.7 Å². The zero-order valence-corrected chi connectivity index (χ0v) is 10.7. The lowest BCUT2D eigenvalue weighted by Gasteiger charge is -2.14. The molecular formula is C14H6F2N2O4. The summed E-state index contributed by atoms with van der Waals surface area (Å²) in [5.41, 5.74) is -1.52. The van der Waals surface area contributed by atoms with E-state index in [1.165, 1.54) is 12.1 Å². The summed E-state index contributed by atoms with van der Waals surface area (Å²) in [6.07, 6.45) is 0. The van der Waals surface area contributed by atoms with Gasteiger partial charge in [-0.1, -0.05) is 12.1 Å². The van der Waals surface area contributed by atoms with E-state index in [1.807, 2.05) is 0 Å². The molecule has 1 aliphatic heterocycles. The number of fused-ring (bicyclic) bond motifs is 1. The number of benzene rings is 2. The van der Waals surface area contributed by atoms with Gasteiger partial charge >= 0.3 is 5.69 Å². The number of hydrogen-bond donors (Lipinski definition) is 0. The Balaban J connectivity index is 2.13. The lowest BCUT2D eigenvalue weighted by molar-refractivity contribution is -0.390. The molecule has 1 aliphatic rings. The molecule has 2 aromatic carbocycles. The van der Waals surface area contributed by atoms with Gasteiger partial charge in [-0.15, -0.1) is 0 Å². The zero-order chi connectivity index (χ0) is 16.0. The highest BCUT2D eigenvalue weighted by Crippen LogP contribution is 2.32. The highest BCUT2D eigenvalue weighted by molar-refractivity contribution is 6.34. The van der Waals surface area contributed by atoms with Crippen molar-refractivity contribution in [2.75, 3.05) is 4.90 Å². The van der Waals surface area contributed by atoms with Crippen LogP contribution in [0.1, 0.15) is 20.7 Å². The molecule has 2 aromatic rings. The van der Waals surface area contributed by atoms with Crippen molar-refractivity contribution in [3.63, 3.8) is 0 Å². The van der Waals surface area contributed by atoms with E-state index in [0.29, 0.717) is 17.0 Å². The molecule has 0 N–H and O–H groups in total. The second-order valence-electron chi connectivity index (χ2n) is 4.51. The molecule has 0 atom stereocenters. The summed E-state index contributed by atoms with van der Waals surface area (Å²) in [7, 11) is 0. The van der Waals surface area contributed by atoms with E-state index in [2.05, 4.69) is 0 Å². The number of carbonyl (C=O) groups is 2. The molecule has 0 fully saturated rings. The van der Waals surface area contributed by atoms with E-state index in [-0.39, 0.29) is 11.1 Å². The molecule has 8 heteroatoms. The van der Waals surface area contributed by atoms with Crippen molar-refractivity contribution in [2.24, 2.45) is 0 Å². The van der Waals surface area contributed by atoms with Crippen LogP contribution < -0.4 is 4.90 Å². The lowest BCUT2D eigenvalue weighted by Crippen LogP contribution is -2.29. The molecule has 110 valence electrons. The second-order valence-corrected chi connectivity index (χ2v) is 4.51. The minimum Gasteiger partial charge on any atom is -0.268 e. The highest BCUT2D eigenvalue weighted by atomic mass is 19.1. The number of halogens is 2. The molecule has 22 heavy (non-hydrogen) atoms. The molecule has 0 aliphatic carbocycles. The van der Waals surface area contributed by atoms with Gasteiger partial charge in [0.2, 0.25) is 11.6 Å². The summed E-state index contributed by atoms with van der Waals surface area (Å²) in [6, 6.07) is 7.09. The number of rotatable bonds is 2. The van der Waals surface area contributed by atoms with Crippen LogP contribution in [0.3, 0.4) is 0 Å². The Kier molecular flexibility index (Phi) is 2.94. The molecule has 1 heterocycles. The van der Waals surface area contributed by atoms with Crippen LogP contribution in [0.15, 0.2) is 36.4 Å². The fourth-order valence-corrected chi connectivity index (χ4v) is 2.28. The first-order chi connectivity index (χ1) is 10.4. The standard InChI is InChI=1S/C14H6F2N2O4/c15-10-5-7(6-11(16)12(10)18(21)22)17-13(19)8-3-1-2-4-9(8)14(17)20/h1-6H. The van der Waals surface area contributed by atoms with Crippen LogP contribution in [0, 0.1) is 21.7 Å². The Morgan fingerprint density at radius 3 is 1.82 bits per heavy atom. The molecule has 0 saturated heterocycles. The van der Waals surface area contributed by atoms with E-state index in [9.17, 15) is 28.5 Å². The summed E-state index contributed by atoms with van der Waals surface area (Å²) in [6.45, 7) is 0. The third-order valence-electron chi connectivity index (χ3n) is 3.24. The van der Waals surface area contributed by atoms with Crippen LogP contribution in [0.25, 0.3) is 0 Å². The van der Waals surface area contributed by atoms with Crippen LogP contribution in [-0.4, -0.2) is 16.7 Å². The molecular weight excluding hydrogens is 298 g/mol. The molecule has 2 amide bonds. The minimum atomic E-state index is -1.46. The van der Waals surface area contributed by atoms with E-state index in [0.717, 1.165) is 0 Å². The SMILES string of the molecule is O=C1c2ccccc2C(=O)N1c1cc(F)c([N+](=O)[O-])c(F)c1. The Bertz CT molecular complexity index is 792. The molecule has 0 unspecified atom stereocenters. The quantitative estimate of drug-likeness (QED) is 0.485. The monoisotopic (exact) mass is 304 g/mol. The number of amides is 2. The molecule has 0 saturated carbocycles. The molecule has 3 rings (SSSR count). The van der Waals surface area contributed by atoms with Gasteiger partial charge in [-0.3, -0.25) is 19.7 Å². The average Bonchev–Trinajstić information content (AvgIpc) is 2.70. The fourth-order valence-electron chi connectivity index (χ4n) is 2.28. The van der Waals surface area contributed by atoms with Crippen molar-refractivity contribution >= 4 is 23.2 Å². The van der Waals surface area contributed by atoms with Gasteiger partial charge in [0, 0.05) is 12.1 Å². The molecule has 0 aromatic heterocycles. The van der Waals surface area contributed by atoms with Crippen LogP contribution in [0.4, 0.5) is 20.2 Å². The van der Waals surface area contributed by atoms with Crippen LogP contribution >= 0.6 is 0 Å². The first-order valence-electron chi connectivity index (χ1n) is 6.03. The average molecular weight is 304 g/mol. The number of nitro groups is 1. The predicted molar refractivity (Wildman–Crippen MR) is 70.6 cm³/mol. The number of imide groups is 1. The largest absolute Gasteiger partial charge is 0.340 e. The third-order valence-corrected chi connectivity index (χ3v) is 3.24. The van der Waals surface area contributed by atoms with Crippen LogP contribution in [-0.2, 0) is 0 Å². The zero-order valence-electron chi connectivity index (χ0n) is 10.7. The highest BCUT2D eigenvalue weighted by Gasteiger charge is 2.37. The predicted octanol–water partition coefficient (Wildman–Crippen LogP) is 2.67. The first-order valence-corrected chi connectivity index (χ1v) is 6.03. The van der Waals surface area contributed by atoms with Gasteiger partial charge in [-0.05, 0) is 12.1 Å². The normalized spacial score (nSPS) is 13.5. The maximum atomic E-state index is 13.7. The summed E-state index contributed by atoms with van der Waals surface area (Å²) >= 11 is 0. The van der Waals surface area contributed by atoms with Gasteiger partial charge in [-0.25, -0.2) is 4.90 Å². The van der Waals surface area contributed by atoms with Crippen molar-refractivity contribution < 1.29 is 23.3 Å². The maximum Gasteiger partial charge on any atom is 0.340 e. The maximum absolute atomic E-state index is 13.7.